The van der Waals surface area contributed by atoms with Crippen molar-refractivity contribution in [1.29, 1.82) is 0 Å². The van der Waals surface area contributed by atoms with Gasteiger partial charge in [0.05, 0.1) is 31.1 Å². The Labute approximate surface area is 130 Å². The first kappa shape index (κ1) is 13.7. The van der Waals surface area contributed by atoms with Gasteiger partial charge in [-0.2, -0.15) is 0 Å². The zero-order valence-electron chi connectivity index (χ0n) is 12.4. The summed E-state index contributed by atoms with van der Waals surface area (Å²) in [6.07, 6.45) is 4.82. The molecule has 2 saturated heterocycles. The Morgan fingerprint density at radius 2 is 1.32 bits per heavy atom. The van der Waals surface area contributed by atoms with Gasteiger partial charge in [0.2, 0.25) is 0 Å². The molecule has 0 aromatic heterocycles. The summed E-state index contributed by atoms with van der Waals surface area (Å²) in [7, 11) is 0. The molecule has 0 spiro atoms. The smallest absolute Gasteiger partial charge is 0.0850 e. The highest BCUT2D eigenvalue weighted by Gasteiger charge is 2.22. The van der Waals surface area contributed by atoms with Gasteiger partial charge < -0.3 is 9.47 Å². The van der Waals surface area contributed by atoms with Crippen molar-refractivity contribution in [2.24, 2.45) is 4.99 Å². The maximum atomic E-state index is 5.25. The van der Waals surface area contributed by atoms with Crippen molar-refractivity contribution in [2.45, 2.75) is 25.0 Å². The Balaban J connectivity index is 1.37. The van der Waals surface area contributed by atoms with Crippen LogP contribution in [0, 0.1) is 0 Å². The monoisotopic (exact) mass is 293 g/mol. The lowest BCUT2D eigenvalue weighted by Gasteiger charge is -2.00. The van der Waals surface area contributed by atoms with E-state index >= 15 is 0 Å². The first-order valence-corrected chi connectivity index (χ1v) is 7.80. The van der Waals surface area contributed by atoms with Crippen LogP contribution in [0.2, 0.25) is 0 Å². The highest BCUT2D eigenvalue weighted by molar-refractivity contribution is 5.81. The van der Waals surface area contributed by atoms with Crippen molar-refractivity contribution < 1.29 is 9.47 Å². The molecule has 2 heterocycles. The maximum absolute atomic E-state index is 5.25. The number of ether oxygens (including phenoxy) is 2. The van der Waals surface area contributed by atoms with E-state index in [0.29, 0.717) is 12.2 Å². The number of hydrogen-bond acceptors (Lipinski definition) is 3. The minimum Gasteiger partial charge on any atom is -0.373 e. The molecule has 2 unspecified atom stereocenters. The van der Waals surface area contributed by atoms with E-state index in [1.165, 1.54) is 11.1 Å². The quantitative estimate of drug-likeness (QED) is 0.605. The number of nitrogens with zero attached hydrogens (tertiary/aromatic N) is 1. The van der Waals surface area contributed by atoms with Gasteiger partial charge in [-0.3, -0.25) is 4.99 Å². The average Bonchev–Trinajstić information content (AvgIpc) is 3.45. The molecule has 2 aromatic carbocycles. The van der Waals surface area contributed by atoms with Crippen LogP contribution in [0.1, 0.15) is 16.7 Å². The van der Waals surface area contributed by atoms with Gasteiger partial charge in [-0.25, -0.2) is 0 Å². The number of rotatable bonds is 6. The average molecular weight is 293 g/mol. The summed E-state index contributed by atoms with van der Waals surface area (Å²) in [6, 6.07) is 16.9. The summed E-state index contributed by atoms with van der Waals surface area (Å²) in [5.41, 5.74) is 4.74. The minimum absolute atomic E-state index is 0.439. The van der Waals surface area contributed by atoms with Crippen LogP contribution in [0.15, 0.2) is 53.5 Å². The van der Waals surface area contributed by atoms with Gasteiger partial charge in [-0.1, -0.05) is 36.4 Å². The Bertz CT molecular complexity index is 593. The van der Waals surface area contributed by atoms with Crippen LogP contribution in [0.25, 0.3) is 0 Å². The Morgan fingerprint density at radius 1 is 0.818 bits per heavy atom. The SMILES string of the molecule is C(=Nc1ccc(CC2CO2)cc1)c1ccc(CC2CO2)cc1. The highest BCUT2D eigenvalue weighted by atomic mass is 16.6. The van der Waals surface area contributed by atoms with E-state index < -0.39 is 0 Å². The fraction of sp³-hybridized carbons (Fsp3) is 0.316. The Hall–Kier alpha value is -1.97. The molecule has 0 aliphatic carbocycles. The molecular formula is C19H19NO2. The van der Waals surface area contributed by atoms with Gasteiger partial charge in [0, 0.05) is 19.1 Å². The number of benzene rings is 2. The lowest BCUT2D eigenvalue weighted by atomic mass is 10.1. The van der Waals surface area contributed by atoms with E-state index in [-0.39, 0.29) is 0 Å². The first-order chi connectivity index (χ1) is 10.8. The molecule has 0 amide bonds. The van der Waals surface area contributed by atoms with E-state index in [0.717, 1.165) is 37.3 Å². The molecule has 3 heteroatoms. The summed E-state index contributed by atoms with van der Waals surface area (Å²) in [6.45, 7) is 1.81. The summed E-state index contributed by atoms with van der Waals surface area (Å²) < 4.78 is 10.5. The first-order valence-electron chi connectivity index (χ1n) is 7.80. The second-order valence-corrected chi connectivity index (χ2v) is 5.99. The van der Waals surface area contributed by atoms with Crippen LogP contribution in [0.3, 0.4) is 0 Å². The third kappa shape index (κ3) is 3.81. The van der Waals surface area contributed by atoms with E-state index in [2.05, 4.69) is 53.5 Å². The normalized spacial score (nSPS) is 22.9. The predicted octanol–water partition coefficient (Wildman–Crippen LogP) is 3.32. The van der Waals surface area contributed by atoms with E-state index in [9.17, 15) is 0 Å². The molecule has 3 nitrogen and oxygen atoms in total. The molecule has 4 rings (SSSR count). The van der Waals surface area contributed by atoms with Gasteiger partial charge >= 0.3 is 0 Å². The lowest BCUT2D eigenvalue weighted by molar-refractivity contribution is 0.407. The van der Waals surface area contributed by atoms with Crippen molar-refractivity contribution in [3.8, 4) is 0 Å². The van der Waals surface area contributed by atoms with E-state index in [1.54, 1.807) is 0 Å². The largest absolute Gasteiger partial charge is 0.373 e. The molecule has 2 fully saturated rings. The Kier molecular flexibility index (Phi) is 3.75. The molecule has 0 N–H and O–H groups in total. The van der Waals surface area contributed by atoms with Crippen LogP contribution in [-0.2, 0) is 22.3 Å². The van der Waals surface area contributed by atoms with Crippen LogP contribution in [0.5, 0.6) is 0 Å². The van der Waals surface area contributed by atoms with Crippen LogP contribution in [-0.4, -0.2) is 31.6 Å². The van der Waals surface area contributed by atoms with Gasteiger partial charge in [-0.15, -0.1) is 0 Å². The van der Waals surface area contributed by atoms with Crippen molar-refractivity contribution in [3.63, 3.8) is 0 Å². The van der Waals surface area contributed by atoms with Crippen molar-refractivity contribution in [2.75, 3.05) is 13.2 Å². The third-order valence-corrected chi connectivity index (χ3v) is 4.01. The standard InChI is InChI=1S/C19H19NO2/c1-3-16(4-2-14(1)9-18-12-21-18)11-20-17-7-5-15(6-8-17)10-19-13-22-19/h1-8,11,18-19H,9-10,12-13H2. The fourth-order valence-electron chi connectivity index (χ4n) is 2.50. The predicted molar refractivity (Wildman–Crippen MR) is 87.0 cm³/mol. The summed E-state index contributed by atoms with van der Waals surface area (Å²) >= 11 is 0. The molecule has 2 aliphatic heterocycles. The fourth-order valence-corrected chi connectivity index (χ4v) is 2.50. The second kappa shape index (κ2) is 6.03. The van der Waals surface area contributed by atoms with Gasteiger partial charge in [-0.05, 0) is 28.8 Å². The van der Waals surface area contributed by atoms with Crippen molar-refractivity contribution in [1.82, 2.24) is 0 Å². The number of hydrogen-bond donors (Lipinski definition) is 0. The molecule has 0 bridgehead atoms. The van der Waals surface area contributed by atoms with Crippen LogP contribution < -0.4 is 0 Å². The van der Waals surface area contributed by atoms with Crippen LogP contribution in [0.4, 0.5) is 5.69 Å². The maximum Gasteiger partial charge on any atom is 0.0850 e. The molecule has 2 atom stereocenters. The third-order valence-electron chi connectivity index (χ3n) is 4.01. The summed E-state index contributed by atoms with van der Waals surface area (Å²) in [5.74, 6) is 0. The molecular weight excluding hydrogens is 274 g/mol. The van der Waals surface area contributed by atoms with E-state index in [1.807, 2.05) is 6.21 Å². The van der Waals surface area contributed by atoms with Crippen LogP contribution >= 0.6 is 0 Å². The molecule has 22 heavy (non-hydrogen) atoms. The highest BCUT2D eigenvalue weighted by Crippen LogP contribution is 2.19. The zero-order valence-corrected chi connectivity index (χ0v) is 12.4. The number of aliphatic imine (C=N–C) groups is 1. The molecule has 112 valence electrons. The Morgan fingerprint density at radius 3 is 1.82 bits per heavy atom. The lowest BCUT2D eigenvalue weighted by Crippen LogP contribution is -1.93. The van der Waals surface area contributed by atoms with Gasteiger partial charge in [0.25, 0.3) is 0 Å². The van der Waals surface area contributed by atoms with Crippen molar-refractivity contribution >= 4 is 11.9 Å². The van der Waals surface area contributed by atoms with Gasteiger partial charge in [0.15, 0.2) is 0 Å². The summed E-state index contributed by atoms with van der Waals surface area (Å²) in [4.78, 5) is 4.53. The molecule has 2 aliphatic rings. The number of epoxide rings is 2. The summed E-state index contributed by atoms with van der Waals surface area (Å²) in [5, 5.41) is 0. The van der Waals surface area contributed by atoms with Gasteiger partial charge in [0.1, 0.15) is 0 Å². The topological polar surface area (TPSA) is 37.4 Å². The minimum atomic E-state index is 0.439. The van der Waals surface area contributed by atoms with Crippen molar-refractivity contribution in [3.05, 3.63) is 65.2 Å². The second-order valence-electron chi connectivity index (χ2n) is 5.99. The zero-order chi connectivity index (χ0) is 14.8. The molecule has 0 radical (unpaired) electrons. The van der Waals surface area contributed by atoms with E-state index in [4.69, 9.17) is 9.47 Å². The molecule has 0 saturated carbocycles. The molecule has 2 aromatic rings.